The van der Waals surface area contributed by atoms with Crippen LogP contribution >= 0.6 is 27.3 Å². The molecule has 0 bridgehead atoms. The van der Waals surface area contributed by atoms with Crippen LogP contribution in [0.5, 0.6) is 0 Å². The van der Waals surface area contributed by atoms with E-state index >= 15 is 0 Å². The Bertz CT molecular complexity index is 713. The number of aromatic nitrogens is 1. The largest absolute Gasteiger partial charge is 0.378 e. The Hall–Kier alpha value is -1.31. The number of rotatable bonds is 7. The highest BCUT2D eigenvalue weighted by molar-refractivity contribution is 9.10. The first-order valence-corrected chi connectivity index (χ1v) is 9.42. The Morgan fingerprint density at radius 2 is 2.29 bits per heavy atom. The second-order valence-corrected chi connectivity index (χ2v) is 7.74. The zero-order valence-electron chi connectivity index (χ0n) is 13.2. The number of nitrogens with zero attached hydrogens (tertiary/aromatic N) is 1. The van der Waals surface area contributed by atoms with E-state index in [1.54, 1.807) is 12.6 Å². The molecule has 1 N–H and O–H groups in total. The number of nitrogens with one attached hydrogen (secondary N) is 1. The number of carbonyl (C=O) groups is 1. The summed E-state index contributed by atoms with van der Waals surface area (Å²) in [5.41, 5.74) is 3.04. The van der Waals surface area contributed by atoms with Gasteiger partial charge in [0.05, 0.1) is 23.9 Å². The van der Waals surface area contributed by atoms with Crippen LogP contribution in [0.3, 0.4) is 0 Å². The summed E-state index contributed by atoms with van der Waals surface area (Å²) in [5.74, 6) is 0.0973. The number of ether oxygens (including phenoxy) is 1. The average Bonchev–Trinajstić information content (AvgIpc) is 3.22. The Labute approximate surface area is 152 Å². The third-order valence-corrected chi connectivity index (χ3v) is 5.31. The molecule has 0 aliphatic heterocycles. The van der Waals surface area contributed by atoms with Gasteiger partial charge in [0.2, 0.25) is 0 Å². The zero-order valence-corrected chi connectivity index (χ0v) is 15.6. The predicted octanol–water partition coefficient (Wildman–Crippen LogP) is 4.46. The number of carbonyl (C=O) groups excluding carboxylic acids is 1. The maximum absolute atomic E-state index is 13.7. The summed E-state index contributed by atoms with van der Waals surface area (Å²) in [6, 6.07) is 4.55. The number of hydrogen-bond donors (Lipinski definition) is 1. The van der Waals surface area contributed by atoms with E-state index in [1.165, 1.54) is 36.3 Å². The molecule has 7 heteroatoms. The third kappa shape index (κ3) is 4.40. The van der Waals surface area contributed by atoms with Crippen molar-refractivity contribution in [1.82, 2.24) is 10.3 Å². The average molecular weight is 413 g/mol. The highest BCUT2D eigenvalue weighted by atomic mass is 79.9. The summed E-state index contributed by atoms with van der Waals surface area (Å²) < 4.78 is 19.5. The summed E-state index contributed by atoms with van der Waals surface area (Å²) in [6.07, 6.45) is 3.15. The van der Waals surface area contributed by atoms with Crippen LogP contribution in [0.4, 0.5) is 4.39 Å². The number of methoxy groups -OCH3 is 1. The van der Waals surface area contributed by atoms with Gasteiger partial charge in [0.15, 0.2) is 0 Å². The Balaban J connectivity index is 1.81. The lowest BCUT2D eigenvalue weighted by Gasteiger charge is -2.19. The molecule has 1 atom stereocenters. The molecule has 2 aromatic rings. The van der Waals surface area contributed by atoms with Crippen LogP contribution < -0.4 is 5.32 Å². The maximum atomic E-state index is 13.7. The number of thiazole rings is 1. The third-order valence-electron chi connectivity index (χ3n) is 3.99. The second-order valence-electron chi connectivity index (χ2n) is 5.97. The monoisotopic (exact) mass is 412 g/mol. The zero-order chi connectivity index (χ0) is 17.1. The van der Waals surface area contributed by atoms with Gasteiger partial charge in [-0.15, -0.1) is 11.3 Å². The minimum atomic E-state index is -0.313. The quantitative estimate of drug-likeness (QED) is 0.729. The lowest BCUT2D eigenvalue weighted by molar-refractivity contribution is 0.0932. The molecule has 1 heterocycles. The number of hydrogen-bond acceptors (Lipinski definition) is 4. The molecule has 0 spiro atoms. The Morgan fingerprint density at radius 3 is 2.96 bits per heavy atom. The van der Waals surface area contributed by atoms with Crippen molar-refractivity contribution in [2.75, 3.05) is 7.11 Å². The SMILES string of the molecule is COCc1ncsc1C(=O)NC(CC1CC1)c1cc(F)cc(Br)c1. The first kappa shape index (κ1) is 17.5. The van der Waals surface area contributed by atoms with Gasteiger partial charge in [-0.3, -0.25) is 4.79 Å². The van der Waals surface area contributed by atoms with Crippen LogP contribution in [0.2, 0.25) is 0 Å². The summed E-state index contributed by atoms with van der Waals surface area (Å²) >= 11 is 4.61. The fraction of sp³-hybridized carbons (Fsp3) is 0.412. The normalized spacial score (nSPS) is 15.3. The molecule has 1 aromatic heterocycles. The van der Waals surface area contributed by atoms with E-state index in [2.05, 4.69) is 26.2 Å². The van der Waals surface area contributed by atoms with Gasteiger partial charge in [-0.2, -0.15) is 0 Å². The standard InChI is InChI=1S/C17H18BrFN2O2S/c1-23-8-15-16(24-9-20-15)17(22)21-14(4-10-2-3-10)11-5-12(18)7-13(19)6-11/h5-7,9-10,14H,2-4,8H2,1H3,(H,21,22). The molecule has 4 nitrogen and oxygen atoms in total. The van der Waals surface area contributed by atoms with Crippen LogP contribution in [0.1, 0.15) is 46.2 Å². The molecule has 1 aliphatic rings. The topological polar surface area (TPSA) is 51.2 Å². The fourth-order valence-corrected chi connectivity index (χ4v) is 3.84. The van der Waals surface area contributed by atoms with Crippen LogP contribution in [0.15, 0.2) is 28.2 Å². The first-order valence-electron chi connectivity index (χ1n) is 7.75. The van der Waals surface area contributed by atoms with Gasteiger partial charge in [0.25, 0.3) is 5.91 Å². The van der Waals surface area contributed by atoms with Crippen LogP contribution in [0.25, 0.3) is 0 Å². The van der Waals surface area contributed by atoms with E-state index in [-0.39, 0.29) is 17.8 Å². The minimum Gasteiger partial charge on any atom is -0.378 e. The smallest absolute Gasteiger partial charge is 0.263 e. The van der Waals surface area contributed by atoms with E-state index in [1.807, 2.05) is 6.07 Å². The van der Waals surface area contributed by atoms with Crippen LogP contribution in [0, 0.1) is 11.7 Å². The van der Waals surface area contributed by atoms with E-state index in [4.69, 9.17) is 4.74 Å². The highest BCUT2D eigenvalue weighted by Crippen LogP contribution is 2.38. The lowest BCUT2D eigenvalue weighted by atomic mass is 10.0. The fourth-order valence-electron chi connectivity index (χ4n) is 2.66. The van der Waals surface area contributed by atoms with Crippen molar-refractivity contribution in [2.45, 2.75) is 31.9 Å². The van der Waals surface area contributed by atoms with Gasteiger partial charge in [-0.25, -0.2) is 9.37 Å². The molecule has 1 unspecified atom stereocenters. The summed E-state index contributed by atoms with van der Waals surface area (Å²) in [4.78, 5) is 17.4. The molecule has 24 heavy (non-hydrogen) atoms. The van der Waals surface area contributed by atoms with Gasteiger partial charge in [-0.05, 0) is 36.1 Å². The molecule has 3 rings (SSSR count). The Kier molecular flexibility index (Phi) is 5.63. The molecule has 0 radical (unpaired) electrons. The summed E-state index contributed by atoms with van der Waals surface area (Å²) in [5, 5.41) is 3.05. The Morgan fingerprint density at radius 1 is 1.50 bits per heavy atom. The molecule has 0 saturated heterocycles. The number of halogens is 2. The van der Waals surface area contributed by atoms with Crippen molar-refractivity contribution in [3.8, 4) is 0 Å². The number of amides is 1. The second kappa shape index (κ2) is 7.72. The highest BCUT2D eigenvalue weighted by Gasteiger charge is 2.28. The van der Waals surface area contributed by atoms with Crippen LogP contribution in [-0.2, 0) is 11.3 Å². The molecule has 1 aromatic carbocycles. The van der Waals surface area contributed by atoms with E-state index in [0.29, 0.717) is 27.6 Å². The number of benzene rings is 1. The van der Waals surface area contributed by atoms with Crippen molar-refractivity contribution in [1.29, 1.82) is 0 Å². The van der Waals surface area contributed by atoms with Crippen molar-refractivity contribution >= 4 is 33.2 Å². The summed E-state index contributed by atoms with van der Waals surface area (Å²) in [6.45, 7) is 0.297. The van der Waals surface area contributed by atoms with Gasteiger partial charge in [-0.1, -0.05) is 28.8 Å². The molecule has 1 aliphatic carbocycles. The molecule has 1 fully saturated rings. The summed E-state index contributed by atoms with van der Waals surface area (Å²) in [7, 11) is 1.57. The molecule has 1 saturated carbocycles. The molecule has 128 valence electrons. The van der Waals surface area contributed by atoms with E-state index < -0.39 is 0 Å². The van der Waals surface area contributed by atoms with E-state index in [0.717, 1.165) is 12.0 Å². The van der Waals surface area contributed by atoms with Gasteiger partial charge < -0.3 is 10.1 Å². The van der Waals surface area contributed by atoms with Gasteiger partial charge in [0.1, 0.15) is 10.7 Å². The molecule has 1 amide bonds. The van der Waals surface area contributed by atoms with Crippen LogP contribution in [-0.4, -0.2) is 18.0 Å². The van der Waals surface area contributed by atoms with Crippen molar-refractivity contribution in [3.63, 3.8) is 0 Å². The van der Waals surface area contributed by atoms with Crippen molar-refractivity contribution in [3.05, 3.63) is 50.1 Å². The molecular formula is C17H18BrFN2O2S. The lowest BCUT2D eigenvalue weighted by Crippen LogP contribution is -2.29. The van der Waals surface area contributed by atoms with Gasteiger partial charge in [0, 0.05) is 11.6 Å². The van der Waals surface area contributed by atoms with Crippen molar-refractivity contribution in [2.24, 2.45) is 5.92 Å². The van der Waals surface area contributed by atoms with Gasteiger partial charge >= 0.3 is 0 Å². The first-order chi connectivity index (χ1) is 11.6. The molecular weight excluding hydrogens is 395 g/mol. The maximum Gasteiger partial charge on any atom is 0.263 e. The van der Waals surface area contributed by atoms with Crippen molar-refractivity contribution < 1.29 is 13.9 Å². The minimum absolute atomic E-state index is 0.185. The van der Waals surface area contributed by atoms with E-state index in [9.17, 15) is 9.18 Å². The predicted molar refractivity (Wildman–Crippen MR) is 94.5 cm³/mol.